The van der Waals surface area contributed by atoms with E-state index in [1.807, 2.05) is 19.1 Å². The monoisotopic (exact) mass is 605 g/mol. The van der Waals surface area contributed by atoms with E-state index in [2.05, 4.69) is 54.0 Å². The Labute approximate surface area is 260 Å². The molecular weight excluding hydrogens is 563 g/mol. The number of aromatic nitrogens is 1. The molecule has 2 aliphatic rings. The van der Waals surface area contributed by atoms with Crippen LogP contribution in [0.5, 0.6) is 0 Å². The number of thiocarbonyl (C=S) groups is 1. The fourth-order valence-electron chi connectivity index (χ4n) is 5.67. The lowest BCUT2D eigenvalue weighted by Gasteiger charge is -2.38. The summed E-state index contributed by atoms with van der Waals surface area (Å²) in [5.74, 6) is 0.734. The van der Waals surface area contributed by atoms with E-state index in [-0.39, 0.29) is 17.0 Å². The van der Waals surface area contributed by atoms with E-state index in [4.69, 9.17) is 12.2 Å². The molecule has 0 atom stereocenters. The van der Waals surface area contributed by atoms with Crippen molar-refractivity contribution in [1.29, 1.82) is 5.26 Å². The second-order valence-corrected chi connectivity index (χ2v) is 12.8. The fourth-order valence-corrected chi connectivity index (χ4v) is 6.96. The van der Waals surface area contributed by atoms with Crippen molar-refractivity contribution in [1.82, 2.24) is 14.4 Å². The van der Waals surface area contributed by atoms with Gasteiger partial charge in [-0.2, -0.15) is 5.26 Å². The Morgan fingerprint density at radius 2 is 1.64 bits per heavy atom. The zero-order chi connectivity index (χ0) is 30.1. The smallest absolute Gasteiger partial charge is 0.270 e. The summed E-state index contributed by atoms with van der Waals surface area (Å²) in [6.45, 7) is 11.4. The quantitative estimate of drug-likeness (QED) is 0.150. The molecule has 0 unspecified atom stereocenters. The molecule has 1 amide bonds. The summed E-state index contributed by atoms with van der Waals surface area (Å²) >= 11 is 6.95. The van der Waals surface area contributed by atoms with Gasteiger partial charge in [0.25, 0.3) is 11.5 Å². The van der Waals surface area contributed by atoms with Crippen LogP contribution in [0.4, 0.5) is 5.82 Å². The number of nitriles is 1. The van der Waals surface area contributed by atoms with Crippen LogP contribution in [-0.2, 0) is 17.9 Å². The van der Waals surface area contributed by atoms with Gasteiger partial charge >= 0.3 is 0 Å². The number of pyridine rings is 1. The van der Waals surface area contributed by atoms with Crippen LogP contribution in [0.3, 0.4) is 0 Å². The first-order valence-electron chi connectivity index (χ1n) is 15.3. The molecule has 2 saturated heterocycles. The molecule has 0 N–H and O–H groups in total. The molecule has 2 aromatic rings. The highest BCUT2D eigenvalue weighted by molar-refractivity contribution is 8.26. The number of hydrogen-bond acceptors (Lipinski definition) is 7. The van der Waals surface area contributed by atoms with Gasteiger partial charge in [0.1, 0.15) is 21.8 Å². The lowest BCUT2D eigenvalue weighted by molar-refractivity contribution is -0.122. The van der Waals surface area contributed by atoms with Crippen molar-refractivity contribution >= 4 is 46.1 Å². The van der Waals surface area contributed by atoms with Crippen molar-refractivity contribution in [2.24, 2.45) is 0 Å². The highest BCUT2D eigenvalue weighted by Crippen LogP contribution is 2.36. The van der Waals surface area contributed by atoms with Crippen molar-refractivity contribution in [2.45, 2.75) is 78.8 Å². The zero-order valence-electron chi connectivity index (χ0n) is 25.2. The van der Waals surface area contributed by atoms with Gasteiger partial charge in [0, 0.05) is 51.4 Å². The van der Waals surface area contributed by atoms with E-state index in [1.54, 1.807) is 9.47 Å². The Morgan fingerprint density at radius 1 is 0.952 bits per heavy atom. The van der Waals surface area contributed by atoms with E-state index in [9.17, 15) is 14.9 Å². The van der Waals surface area contributed by atoms with Crippen LogP contribution in [0.25, 0.3) is 6.08 Å². The number of unbranched alkanes of at least 4 members (excludes halogenated alkanes) is 5. The normalized spacial score (nSPS) is 17.0. The largest absolute Gasteiger partial charge is 0.355 e. The minimum absolute atomic E-state index is 0.0802. The highest BCUT2D eigenvalue weighted by atomic mass is 32.2. The first kappa shape index (κ1) is 32.0. The molecule has 4 rings (SSSR count). The second kappa shape index (κ2) is 15.5. The number of piperazine rings is 1. The van der Waals surface area contributed by atoms with Gasteiger partial charge in [-0.05, 0) is 37.0 Å². The van der Waals surface area contributed by atoms with Crippen LogP contribution < -0.4 is 10.5 Å². The molecule has 0 radical (unpaired) electrons. The molecule has 1 aromatic heterocycles. The Kier molecular flexibility index (Phi) is 11.8. The Bertz CT molecular complexity index is 1390. The summed E-state index contributed by atoms with van der Waals surface area (Å²) in [6.07, 6.45) is 9.20. The van der Waals surface area contributed by atoms with Crippen LogP contribution in [0.15, 0.2) is 40.0 Å². The molecular formula is C33H43N5O2S2. The number of thioether (sulfide) groups is 1. The maximum absolute atomic E-state index is 13.6. The lowest BCUT2D eigenvalue weighted by Crippen LogP contribution is -2.48. The third-order valence-corrected chi connectivity index (χ3v) is 9.51. The van der Waals surface area contributed by atoms with E-state index < -0.39 is 0 Å². The van der Waals surface area contributed by atoms with Gasteiger partial charge in [-0.25, -0.2) is 0 Å². The number of nitrogens with zero attached hydrogens (tertiary/aromatic N) is 5. The number of benzene rings is 1. The molecule has 0 aliphatic carbocycles. The van der Waals surface area contributed by atoms with Crippen molar-refractivity contribution in [3.63, 3.8) is 0 Å². The van der Waals surface area contributed by atoms with Gasteiger partial charge in [0.05, 0.1) is 4.91 Å². The zero-order valence-corrected chi connectivity index (χ0v) is 26.9. The lowest BCUT2D eigenvalue weighted by atomic mass is 10.0. The molecule has 3 heterocycles. The van der Waals surface area contributed by atoms with Crippen molar-refractivity contribution in [3.05, 3.63) is 67.8 Å². The summed E-state index contributed by atoms with van der Waals surface area (Å²) in [6, 6.07) is 12.6. The van der Waals surface area contributed by atoms with E-state index in [1.165, 1.54) is 36.6 Å². The molecule has 42 heavy (non-hydrogen) atoms. The third-order valence-electron chi connectivity index (χ3n) is 8.14. The van der Waals surface area contributed by atoms with Crippen molar-refractivity contribution < 1.29 is 4.79 Å². The summed E-state index contributed by atoms with van der Waals surface area (Å²) in [5.41, 5.74) is 2.59. The Balaban J connectivity index is 1.66. The molecule has 9 heteroatoms. The number of carbonyl (C=O) groups excluding carboxylic acids is 1. The van der Waals surface area contributed by atoms with E-state index in [0.717, 1.165) is 69.8 Å². The maximum atomic E-state index is 13.6. The molecule has 0 bridgehead atoms. The van der Waals surface area contributed by atoms with Gasteiger partial charge < -0.3 is 4.90 Å². The minimum Gasteiger partial charge on any atom is -0.355 e. The Hall–Kier alpha value is -2.93. The van der Waals surface area contributed by atoms with E-state index >= 15 is 0 Å². The van der Waals surface area contributed by atoms with E-state index in [0.29, 0.717) is 27.9 Å². The fraction of sp³-hybridized carbons (Fsp3) is 0.515. The number of rotatable bonds is 13. The van der Waals surface area contributed by atoms with Gasteiger partial charge in [-0.3, -0.25) is 24.0 Å². The van der Waals surface area contributed by atoms with Crippen LogP contribution in [0.1, 0.15) is 81.0 Å². The molecule has 224 valence electrons. The minimum atomic E-state index is -0.248. The van der Waals surface area contributed by atoms with Crippen LogP contribution in [0, 0.1) is 18.3 Å². The van der Waals surface area contributed by atoms with Crippen LogP contribution in [0.2, 0.25) is 0 Å². The summed E-state index contributed by atoms with van der Waals surface area (Å²) in [4.78, 5) is 34.1. The standard InChI is InChI=1S/C33H43N5O2S2/c1-4-6-8-9-13-17-38-32(40)29(42-33(38)41)22-27-25(3)28(23-34)31(39)37(16-7-5-2)30(27)36-20-18-35(19-21-36)24-26-14-11-10-12-15-26/h10-12,14-15,22H,4-9,13,16-21,24H2,1-3H3/b29-22-. The highest BCUT2D eigenvalue weighted by Gasteiger charge is 2.33. The third kappa shape index (κ3) is 7.52. The SMILES string of the molecule is CCCCCCCN1C(=O)/C(=C/c2c(C)c(C#N)c(=O)n(CCCC)c2N2CCN(Cc3ccccc3)CC2)SC1=S. The average Bonchev–Trinajstić information content (AvgIpc) is 3.26. The summed E-state index contributed by atoms with van der Waals surface area (Å²) in [7, 11) is 0. The topological polar surface area (TPSA) is 72.6 Å². The van der Waals surface area contributed by atoms with Gasteiger partial charge in [-0.1, -0.05) is 100 Å². The molecule has 7 nitrogen and oxygen atoms in total. The van der Waals surface area contributed by atoms with Crippen molar-refractivity contribution in [3.8, 4) is 6.07 Å². The van der Waals surface area contributed by atoms with Crippen LogP contribution >= 0.6 is 24.0 Å². The number of anilines is 1. The number of hydrogen-bond donors (Lipinski definition) is 0. The molecule has 0 spiro atoms. The van der Waals surface area contributed by atoms with Crippen LogP contribution in [-0.4, -0.2) is 57.3 Å². The summed E-state index contributed by atoms with van der Waals surface area (Å²) in [5, 5.41) is 10.00. The molecule has 0 saturated carbocycles. The maximum Gasteiger partial charge on any atom is 0.270 e. The van der Waals surface area contributed by atoms with Gasteiger partial charge in [0.15, 0.2) is 0 Å². The average molecular weight is 606 g/mol. The molecule has 1 aromatic carbocycles. The second-order valence-electron chi connectivity index (χ2n) is 11.2. The molecule has 2 aliphatic heterocycles. The Morgan fingerprint density at radius 3 is 2.31 bits per heavy atom. The predicted molar refractivity (Wildman–Crippen MR) is 178 cm³/mol. The first-order valence-corrected chi connectivity index (χ1v) is 16.6. The first-order chi connectivity index (χ1) is 20.4. The summed E-state index contributed by atoms with van der Waals surface area (Å²) < 4.78 is 2.36. The predicted octanol–water partition coefficient (Wildman–Crippen LogP) is 6.32. The van der Waals surface area contributed by atoms with Crippen molar-refractivity contribution in [2.75, 3.05) is 37.6 Å². The molecule has 2 fully saturated rings. The number of carbonyl (C=O) groups is 1. The number of amides is 1. The van der Waals surface area contributed by atoms with Gasteiger partial charge in [-0.15, -0.1) is 0 Å². The van der Waals surface area contributed by atoms with Gasteiger partial charge in [0.2, 0.25) is 0 Å².